The minimum atomic E-state index is -1.62. The SMILES string of the molecule is Cc1cccc(C)c1-n1c(-c2cc(C(C)(C)C)ccc2O)nc2c(-c3cc(-c4cc(CC(C)C)c([Si](C)(C)C)cn4)cc4c3oc3ccccc34)cccc21. The van der Waals surface area contributed by atoms with Gasteiger partial charge in [-0.1, -0.05) is 109 Å². The molecule has 0 amide bonds. The average molecular weight is 742 g/mol. The standard InChI is InChI=1S/C49H51N3O2Si/c1-29(2)23-33-26-40(50-28-44(33)55(8,9)10)32-24-37-35-17-11-12-20-43(35)54-47(37)38(25-32)36-18-14-19-41-45(36)51-48(52(41)46-30(3)15-13-16-31(46)4)39-27-34(49(5,6)7)21-22-42(39)53/h11-22,24-29,53H,23H2,1-10H3. The molecule has 0 fully saturated rings. The molecule has 0 aliphatic heterocycles. The number of hydrogen-bond donors (Lipinski definition) is 1. The van der Waals surface area contributed by atoms with Crippen molar-refractivity contribution in [2.45, 2.75) is 79.9 Å². The smallest absolute Gasteiger partial charge is 0.149 e. The van der Waals surface area contributed by atoms with Crippen molar-refractivity contribution < 1.29 is 9.52 Å². The summed E-state index contributed by atoms with van der Waals surface area (Å²) in [6, 6.07) is 33.8. The van der Waals surface area contributed by atoms with Gasteiger partial charge < -0.3 is 9.52 Å². The molecule has 0 radical (unpaired) electrons. The average Bonchev–Trinajstić information content (AvgIpc) is 3.69. The topological polar surface area (TPSA) is 64.1 Å². The highest BCUT2D eigenvalue weighted by molar-refractivity contribution is 6.89. The molecule has 8 rings (SSSR count). The van der Waals surface area contributed by atoms with Gasteiger partial charge in [-0.15, -0.1) is 0 Å². The molecule has 3 heterocycles. The number of imidazole rings is 1. The van der Waals surface area contributed by atoms with Crippen molar-refractivity contribution in [3.05, 3.63) is 126 Å². The summed E-state index contributed by atoms with van der Waals surface area (Å²) >= 11 is 0. The van der Waals surface area contributed by atoms with E-state index < -0.39 is 8.07 Å². The molecule has 0 atom stereocenters. The molecule has 1 N–H and O–H groups in total. The van der Waals surface area contributed by atoms with E-state index in [4.69, 9.17) is 14.4 Å². The zero-order valence-corrected chi connectivity index (χ0v) is 34.8. The van der Waals surface area contributed by atoms with E-state index in [2.05, 4.69) is 152 Å². The first-order valence-electron chi connectivity index (χ1n) is 19.5. The third kappa shape index (κ3) is 6.46. The maximum atomic E-state index is 11.5. The molecule has 0 aliphatic carbocycles. The quantitative estimate of drug-likeness (QED) is 0.165. The number of aryl methyl sites for hydroxylation is 2. The number of phenolic OH excluding ortho intramolecular Hbond substituents is 1. The van der Waals surface area contributed by atoms with E-state index in [1.807, 2.05) is 18.2 Å². The summed E-state index contributed by atoms with van der Waals surface area (Å²) in [5.41, 5.74) is 13.8. The number of rotatable bonds is 7. The first kappa shape index (κ1) is 36.5. The molecule has 6 heteroatoms. The van der Waals surface area contributed by atoms with Gasteiger partial charge in [0.25, 0.3) is 0 Å². The van der Waals surface area contributed by atoms with Crippen LogP contribution in [0.1, 0.15) is 56.9 Å². The fourth-order valence-electron chi connectivity index (χ4n) is 8.18. The van der Waals surface area contributed by atoms with E-state index in [9.17, 15) is 5.11 Å². The summed E-state index contributed by atoms with van der Waals surface area (Å²) in [7, 11) is -1.62. The van der Waals surface area contributed by atoms with E-state index in [1.165, 1.54) is 10.8 Å². The number of benzene rings is 5. The van der Waals surface area contributed by atoms with Crippen LogP contribution in [-0.2, 0) is 11.8 Å². The van der Waals surface area contributed by atoms with E-state index in [0.29, 0.717) is 17.3 Å². The predicted molar refractivity (Wildman–Crippen MR) is 234 cm³/mol. The molecule has 0 unspecified atom stereocenters. The van der Waals surface area contributed by atoms with Crippen molar-refractivity contribution in [1.82, 2.24) is 14.5 Å². The van der Waals surface area contributed by atoms with Crippen LogP contribution in [0.15, 0.2) is 108 Å². The number of fused-ring (bicyclic) bond motifs is 4. The van der Waals surface area contributed by atoms with Crippen LogP contribution < -0.4 is 5.19 Å². The molecule has 0 bridgehead atoms. The number of nitrogens with zero attached hydrogens (tertiary/aromatic N) is 3. The second-order valence-corrected chi connectivity index (χ2v) is 22.8. The van der Waals surface area contributed by atoms with Crippen LogP contribution in [0.3, 0.4) is 0 Å². The summed E-state index contributed by atoms with van der Waals surface area (Å²) in [6.45, 7) is 22.7. The molecule has 0 saturated heterocycles. The Morgan fingerprint density at radius 1 is 0.782 bits per heavy atom. The van der Waals surface area contributed by atoms with Gasteiger partial charge in [-0.3, -0.25) is 9.55 Å². The van der Waals surface area contributed by atoms with Crippen molar-refractivity contribution in [3.8, 4) is 45.2 Å². The zero-order chi connectivity index (χ0) is 39.0. The summed E-state index contributed by atoms with van der Waals surface area (Å²) < 4.78 is 8.98. The van der Waals surface area contributed by atoms with Gasteiger partial charge in [-0.2, -0.15) is 0 Å². The number of aromatic nitrogens is 3. The van der Waals surface area contributed by atoms with Gasteiger partial charge in [0.15, 0.2) is 0 Å². The molecule has 3 aromatic heterocycles. The Kier molecular flexibility index (Phi) is 8.88. The molecule has 8 aromatic rings. The monoisotopic (exact) mass is 741 g/mol. The van der Waals surface area contributed by atoms with Crippen LogP contribution in [0.4, 0.5) is 0 Å². The van der Waals surface area contributed by atoms with Crippen molar-refractivity contribution in [2.75, 3.05) is 0 Å². The summed E-state index contributed by atoms with van der Waals surface area (Å²) in [5.74, 6) is 1.43. The van der Waals surface area contributed by atoms with Crippen LogP contribution in [0, 0.1) is 19.8 Å². The van der Waals surface area contributed by atoms with Gasteiger partial charge in [0, 0.05) is 33.7 Å². The Morgan fingerprint density at radius 3 is 2.22 bits per heavy atom. The van der Waals surface area contributed by atoms with Crippen molar-refractivity contribution >= 4 is 46.2 Å². The fourth-order valence-corrected chi connectivity index (χ4v) is 9.77. The fraction of sp³-hybridized carbons (Fsp3) is 0.265. The molecule has 0 aliphatic rings. The Labute approximate surface area is 325 Å². The third-order valence-electron chi connectivity index (χ3n) is 10.9. The highest BCUT2D eigenvalue weighted by Crippen LogP contribution is 2.44. The van der Waals surface area contributed by atoms with Crippen LogP contribution in [-0.4, -0.2) is 27.7 Å². The molecule has 0 saturated carbocycles. The Balaban J connectivity index is 1.46. The highest BCUT2D eigenvalue weighted by atomic mass is 28.3. The minimum absolute atomic E-state index is 0.118. The molecule has 5 nitrogen and oxygen atoms in total. The first-order valence-corrected chi connectivity index (χ1v) is 23.0. The van der Waals surface area contributed by atoms with Crippen LogP contribution >= 0.6 is 0 Å². The molecular weight excluding hydrogens is 691 g/mol. The number of aromatic hydroxyl groups is 1. The van der Waals surface area contributed by atoms with Crippen LogP contribution in [0.25, 0.3) is 72.4 Å². The minimum Gasteiger partial charge on any atom is -0.507 e. The highest BCUT2D eigenvalue weighted by Gasteiger charge is 2.26. The summed E-state index contributed by atoms with van der Waals surface area (Å²) in [5, 5.41) is 15.1. The van der Waals surface area contributed by atoms with Crippen molar-refractivity contribution in [3.63, 3.8) is 0 Å². The molecular formula is C49H51N3O2Si. The zero-order valence-electron chi connectivity index (χ0n) is 33.8. The maximum Gasteiger partial charge on any atom is 0.149 e. The van der Waals surface area contributed by atoms with Crippen molar-refractivity contribution in [2.24, 2.45) is 5.92 Å². The van der Waals surface area contributed by atoms with Gasteiger partial charge in [-0.05, 0) is 102 Å². The normalized spacial score (nSPS) is 12.5. The van der Waals surface area contributed by atoms with Crippen LogP contribution in [0.5, 0.6) is 5.75 Å². The molecule has 55 heavy (non-hydrogen) atoms. The van der Waals surface area contributed by atoms with Gasteiger partial charge in [0.05, 0.1) is 36.1 Å². The van der Waals surface area contributed by atoms with E-state index in [1.54, 1.807) is 6.07 Å². The molecule has 0 spiro atoms. The lowest BCUT2D eigenvalue weighted by molar-refractivity contribution is 0.475. The maximum absolute atomic E-state index is 11.5. The van der Waals surface area contributed by atoms with E-state index in [0.717, 1.165) is 84.2 Å². The van der Waals surface area contributed by atoms with Gasteiger partial charge in [-0.25, -0.2) is 4.98 Å². The number of para-hydroxylation sites is 3. The molecule has 278 valence electrons. The van der Waals surface area contributed by atoms with Gasteiger partial charge in [0.2, 0.25) is 0 Å². The number of furan rings is 1. The summed E-state index contributed by atoms with van der Waals surface area (Å²) in [4.78, 5) is 10.7. The number of pyridine rings is 1. The third-order valence-corrected chi connectivity index (χ3v) is 13.0. The van der Waals surface area contributed by atoms with E-state index in [-0.39, 0.29) is 11.2 Å². The number of hydrogen-bond acceptors (Lipinski definition) is 4. The van der Waals surface area contributed by atoms with E-state index >= 15 is 0 Å². The van der Waals surface area contributed by atoms with Crippen LogP contribution in [0.2, 0.25) is 19.6 Å². The lowest BCUT2D eigenvalue weighted by Crippen LogP contribution is -2.40. The first-order chi connectivity index (χ1) is 26.1. The van der Waals surface area contributed by atoms with Crippen molar-refractivity contribution in [1.29, 1.82) is 0 Å². The second kappa shape index (κ2) is 13.4. The Morgan fingerprint density at radius 2 is 1.51 bits per heavy atom. The summed E-state index contributed by atoms with van der Waals surface area (Å²) in [6.07, 6.45) is 3.16. The Bertz CT molecular complexity index is 2750. The molecule has 5 aromatic carbocycles. The second-order valence-electron chi connectivity index (χ2n) is 17.7. The number of phenols is 1. The lowest BCUT2D eigenvalue weighted by Gasteiger charge is -2.22. The largest absolute Gasteiger partial charge is 0.507 e. The van der Waals surface area contributed by atoms with Gasteiger partial charge >= 0.3 is 0 Å². The predicted octanol–water partition coefficient (Wildman–Crippen LogP) is 12.7. The van der Waals surface area contributed by atoms with Gasteiger partial charge in [0.1, 0.15) is 22.7 Å². The Hall–Kier alpha value is -5.46. The lowest BCUT2D eigenvalue weighted by atomic mass is 9.86.